The lowest BCUT2D eigenvalue weighted by molar-refractivity contribution is -0.210. The van der Waals surface area contributed by atoms with Gasteiger partial charge in [-0.05, 0) is 50.8 Å². The Morgan fingerprint density at radius 2 is 1.94 bits per heavy atom. The molecule has 0 aromatic heterocycles. The molecule has 0 spiro atoms. The zero-order chi connectivity index (χ0) is 23.1. The Balaban J connectivity index is 1.86. The van der Waals surface area contributed by atoms with Gasteiger partial charge >= 0.3 is 6.18 Å². The SMILES string of the molecule is COc1cc2c(c(F)c1OC[C@@H](O)C(F)(F)F)CCN1C[C@@H](OC(C)(C)C)[C@H](O)C[C@H]21. The summed E-state index contributed by atoms with van der Waals surface area (Å²) in [5.41, 5.74) is 0.507. The molecular formula is C21H29F4NO5. The van der Waals surface area contributed by atoms with E-state index < -0.39 is 42.2 Å². The predicted octanol–water partition coefficient (Wildman–Crippen LogP) is 2.98. The molecule has 0 bridgehead atoms. The minimum absolute atomic E-state index is 0.0602. The number of halogens is 4. The van der Waals surface area contributed by atoms with Gasteiger partial charge in [-0.15, -0.1) is 0 Å². The number of rotatable bonds is 5. The van der Waals surface area contributed by atoms with Crippen LogP contribution in [0.4, 0.5) is 17.6 Å². The second-order valence-electron chi connectivity index (χ2n) is 8.99. The van der Waals surface area contributed by atoms with E-state index in [0.717, 1.165) is 0 Å². The van der Waals surface area contributed by atoms with Crippen LogP contribution in [0.25, 0.3) is 0 Å². The molecule has 0 unspecified atom stereocenters. The van der Waals surface area contributed by atoms with Crippen LogP contribution < -0.4 is 9.47 Å². The van der Waals surface area contributed by atoms with Crippen LogP contribution in [0.2, 0.25) is 0 Å². The fourth-order valence-electron chi connectivity index (χ4n) is 4.17. The normalized spacial score (nSPS) is 25.5. The van der Waals surface area contributed by atoms with E-state index in [-0.39, 0.29) is 17.9 Å². The third-order valence-corrected chi connectivity index (χ3v) is 5.57. The van der Waals surface area contributed by atoms with Gasteiger partial charge in [-0.25, -0.2) is 4.39 Å². The number of alkyl halides is 3. The Labute approximate surface area is 178 Å². The summed E-state index contributed by atoms with van der Waals surface area (Å²) < 4.78 is 69.1. The van der Waals surface area contributed by atoms with Crippen LogP contribution in [-0.4, -0.2) is 72.0 Å². The van der Waals surface area contributed by atoms with Gasteiger partial charge in [-0.2, -0.15) is 13.2 Å². The Bertz CT molecular complexity index is 795. The molecule has 31 heavy (non-hydrogen) atoms. The van der Waals surface area contributed by atoms with Crippen molar-refractivity contribution in [3.8, 4) is 11.5 Å². The highest BCUT2D eigenvalue weighted by Crippen LogP contribution is 2.44. The second kappa shape index (κ2) is 8.73. The molecule has 2 N–H and O–H groups in total. The van der Waals surface area contributed by atoms with Crippen molar-refractivity contribution in [2.45, 2.75) is 69.7 Å². The molecule has 2 heterocycles. The van der Waals surface area contributed by atoms with Gasteiger partial charge in [-0.3, -0.25) is 4.90 Å². The molecule has 0 saturated carbocycles. The van der Waals surface area contributed by atoms with E-state index >= 15 is 4.39 Å². The first-order chi connectivity index (χ1) is 14.3. The summed E-state index contributed by atoms with van der Waals surface area (Å²) in [5.74, 6) is -1.32. The van der Waals surface area contributed by atoms with Crippen molar-refractivity contribution in [2.75, 3.05) is 26.8 Å². The van der Waals surface area contributed by atoms with Gasteiger partial charge in [0.15, 0.2) is 23.4 Å². The summed E-state index contributed by atoms with van der Waals surface area (Å²) in [6, 6.07) is 1.26. The molecule has 176 valence electrons. The summed E-state index contributed by atoms with van der Waals surface area (Å²) in [6.07, 6.45) is -8.10. The van der Waals surface area contributed by atoms with Crippen LogP contribution >= 0.6 is 0 Å². The Morgan fingerprint density at radius 3 is 2.52 bits per heavy atom. The molecule has 2 aliphatic heterocycles. The predicted molar refractivity (Wildman–Crippen MR) is 104 cm³/mol. The summed E-state index contributed by atoms with van der Waals surface area (Å²) in [5, 5.41) is 19.8. The average molecular weight is 451 g/mol. The van der Waals surface area contributed by atoms with E-state index in [9.17, 15) is 18.3 Å². The van der Waals surface area contributed by atoms with Crippen LogP contribution in [0.5, 0.6) is 11.5 Å². The van der Waals surface area contributed by atoms with Gasteiger partial charge in [0.2, 0.25) is 0 Å². The number of hydrogen-bond donors (Lipinski definition) is 2. The summed E-state index contributed by atoms with van der Waals surface area (Å²) in [6.45, 7) is 5.57. The van der Waals surface area contributed by atoms with E-state index in [4.69, 9.17) is 19.3 Å². The molecule has 1 saturated heterocycles. The van der Waals surface area contributed by atoms with E-state index in [1.54, 1.807) is 6.07 Å². The summed E-state index contributed by atoms with van der Waals surface area (Å²) >= 11 is 0. The van der Waals surface area contributed by atoms with Crippen LogP contribution in [0, 0.1) is 5.82 Å². The number of benzene rings is 1. The number of piperidine rings is 1. The molecule has 0 aliphatic carbocycles. The molecule has 3 rings (SSSR count). The molecule has 6 nitrogen and oxygen atoms in total. The number of aliphatic hydroxyl groups excluding tert-OH is 2. The first kappa shape index (κ1) is 24.0. The van der Waals surface area contributed by atoms with Crippen molar-refractivity contribution >= 4 is 0 Å². The minimum atomic E-state index is -4.87. The van der Waals surface area contributed by atoms with Crippen molar-refractivity contribution in [1.82, 2.24) is 4.90 Å². The highest BCUT2D eigenvalue weighted by molar-refractivity contribution is 5.51. The van der Waals surface area contributed by atoms with E-state index in [2.05, 4.69) is 4.90 Å². The molecule has 4 atom stereocenters. The minimum Gasteiger partial charge on any atom is -0.493 e. The number of nitrogens with zero attached hydrogens (tertiary/aromatic N) is 1. The Hall–Kier alpha value is -1.62. The Kier molecular flexibility index (Phi) is 6.76. The van der Waals surface area contributed by atoms with E-state index in [0.29, 0.717) is 37.1 Å². The zero-order valence-corrected chi connectivity index (χ0v) is 18.0. The molecule has 2 aliphatic rings. The Morgan fingerprint density at radius 1 is 1.26 bits per heavy atom. The summed E-state index contributed by atoms with van der Waals surface area (Å²) in [4.78, 5) is 2.11. The van der Waals surface area contributed by atoms with Crippen molar-refractivity contribution in [3.05, 3.63) is 23.0 Å². The largest absolute Gasteiger partial charge is 0.493 e. The first-order valence-electron chi connectivity index (χ1n) is 10.2. The maximum atomic E-state index is 15.2. The van der Waals surface area contributed by atoms with Gasteiger partial charge in [-0.1, -0.05) is 0 Å². The van der Waals surface area contributed by atoms with Gasteiger partial charge in [0.1, 0.15) is 6.61 Å². The van der Waals surface area contributed by atoms with Gasteiger partial charge in [0.25, 0.3) is 0 Å². The van der Waals surface area contributed by atoms with Crippen molar-refractivity contribution in [3.63, 3.8) is 0 Å². The third kappa shape index (κ3) is 5.24. The zero-order valence-electron chi connectivity index (χ0n) is 18.0. The highest BCUT2D eigenvalue weighted by Gasteiger charge is 2.42. The van der Waals surface area contributed by atoms with Crippen molar-refractivity contribution in [1.29, 1.82) is 0 Å². The van der Waals surface area contributed by atoms with E-state index in [1.165, 1.54) is 7.11 Å². The lowest BCUT2D eigenvalue weighted by Gasteiger charge is -2.47. The van der Waals surface area contributed by atoms with Gasteiger partial charge in [0, 0.05) is 19.1 Å². The van der Waals surface area contributed by atoms with Crippen LogP contribution in [0.3, 0.4) is 0 Å². The number of aliphatic hydroxyl groups is 2. The standard InChI is InChI=1S/C21H29F4NO5/c1-20(2,3)31-16-9-26-6-5-11-12(13(26)8-14(16)27)7-15(29-4)19(18(11)22)30-10-17(28)21(23,24)25/h7,13-14,16-17,27-28H,5-6,8-10H2,1-4H3/t13-,14-,16-,17-/m1/s1. The van der Waals surface area contributed by atoms with Crippen LogP contribution in [-0.2, 0) is 11.2 Å². The first-order valence-corrected chi connectivity index (χ1v) is 10.2. The molecule has 0 amide bonds. The number of methoxy groups -OCH3 is 1. The second-order valence-corrected chi connectivity index (χ2v) is 8.99. The van der Waals surface area contributed by atoms with Crippen molar-refractivity contribution in [2.24, 2.45) is 0 Å². The maximum absolute atomic E-state index is 15.2. The highest BCUT2D eigenvalue weighted by atomic mass is 19.4. The van der Waals surface area contributed by atoms with Gasteiger partial charge in [0.05, 0.1) is 24.9 Å². The number of fused-ring (bicyclic) bond motifs is 3. The van der Waals surface area contributed by atoms with Crippen LogP contribution in [0.15, 0.2) is 6.07 Å². The van der Waals surface area contributed by atoms with Crippen LogP contribution in [0.1, 0.15) is 44.4 Å². The topological polar surface area (TPSA) is 71.4 Å². The third-order valence-electron chi connectivity index (χ3n) is 5.57. The molecular weight excluding hydrogens is 422 g/mol. The number of hydrogen-bond acceptors (Lipinski definition) is 6. The average Bonchev–Trinajstić information content (AvgIpc) is 2.65. The molecule has 10 heteroatoms. The van der Waals surface area contributed by atoms with E-state index in [1.807, 2.05) is 20.8 Å². The lowest BCUT2D eigenvalue weighted by atomic mass is 9.84. The fourth-order valence-corrected chi connectivity index (χ4v) is 4.17. The fraction of sp³-hybridized carbons (Fsp3) is 0.714. The summed E-state index contributed by atoms with van der Waals surface area (Å²) in [7, 11) is 1.26. The lowest BCUT2D eigenvalue weighted by Crippen LogP contribution is -2.53. The number of ether oxygens (including phenoxy) is 3. The maximum Gasteiger partial charge on any atom is 0.417 e. The monoisotopic (exact) mass is 451 g/mol. The van der Waals surface area contributed by atoms with Crippen molar-refractivity contribution < 1.29 is 42.0 Å². The molecule has 1 aromatic rings. The van der Waals surface area contributed by atoms with Gasteiger partial charge < -0.3 is 24.4 Å². The molecule has 0 radical (unpaired) electrons. The molecule has 1 fully saturated rings. The molecule has 1 aromatic carbocycles. The smallest absolute Gasteiger partial charge is 0.417 e. The quantitative estimate of drug-likeness (QED) is 0.671.